The smallest absolute Gasteiger partial charge is 0.0411 e. The minimum absolute atomic E-state index is 0.951. The molecule has 0 radical (unpaired) electrons. The third-order valence-electron chi connectivity index (χ3n) is 5.04. The van der Waals surface area contributed by atoms with Crippen LogP contribution >= 0.6 is 0 Å². The molecule has 0 aliphatic carbocycles. The van der Waals surface area contributed by atoms with Crippen molar-refractivity contribution in [1.82, 2.24) is 9.88 Å². The Morgan fingerprint density at radius 3 is 2.68 bits per heavy atom. The number of anilines is 1. The topological polar surface area (TPSA) is 19.4 Å². The van der Waals surface area contributed by atoms with Crippen molar-refractivity contribution in [2.24, 2.45) is 0 Å². The van der Waals surface area contributed by atoms with E-state index >= 15 is 0 Å². The Morgan fingerprint density at radius 2 is 1.80 bits per heavy atom. The summed E-state index contributed by atoms with van der Waals surface area (Å²) in [7, 11) is 2.21. The van der Waals surface area contributed by atoms with Crippen molar-refractivity contribution in [3.05, 3.63) is 72.1 Å². The number of aromatic nitrogens is 1. The van der Waals surface area contributed by atoms with Gasteiger partial charge in [0.2, 0.25) is 0 Å². The zero-order valence-electron chi connectivity index (χ0n) is 14.9. The van der Waals surface area contributed by atoms with Crippen LogP contribution in [0.25, 0.3) is 10.8 Å². The minimum Gasteiger partial charge on any atom is -0.371 e. The van der Waals surface area contributed by atoms with Crippen molar-refractivity contribution in [3.63, 3.8) is 0 Å². The highest BCUT2D eigenvalue weighted by molar-refractivity contribution is 5.81. The number of fused-ring (bicyclic) bond motifs is 1. The van der Waals surface area contributed by atoms with Crippen LogP contribution in [0.3, 0.4) is 0 Å². The monoisotopic (exact) mass is 331 g/mol. The van der Waals surface area contributed by atoms with E-state index in [0.29, 0.717) is 0 Å². The van der Waals surface area contributed by atoms with Gasteiger partial charge in [-0.05, 0) is 54.6 Å². The van der Waals surface area contributed by atoms with E-state index in [9.17, 15) is 0 Å². The lowest BCUT2D eigenvalue weighted by atomic mass is 10.1. The van der Waals surface area contributed by atoms with E-state index in [2.05, 4.69) is 70.4 Å². The highest BCUT2D eigenvalue weighted by Crippen LogP contribution is 2.26. The molecular weight excluding hydrogens is 306 g/mol. The second-order valence-electron chi connectivity index (χ2n) is 7.05. The van der Waals surface area contributed by atoms with E-state index in [1.165, 1.54) is 53.5 Å². The van der Waals surface area contributed by atoms with Crippen molar-refractivity contribution in [3.8, 4) is 0 Å². The van der Waals surface area contributed by atoms with Crippen LogP contribution in [0.2, 0.25) is 0 Å². The number of hydrogen-bond donors (Lipinski definition) is 0. The largest absolute Gasteiger partial charge is 0.371 e. The molecule has 4 rings (SSSR count). The van der Waals surface area contributed by atoms with Gasteiger partial charge in [0.05, 0.1) is 0 Å². The quantitative estimate of drug-likeness (QED) is 0.688. The van der Waals surface area contributed by atoms with Gasteiger partial charge in [0.1, 0.15) is 0 Å². The van der Waals surface area contributed by atoms with E-state index in [0.717, 1.165) is 13.1 Å². The molecule has 0 amide bonds. The molecule has 2 heterocycles. The molecule has 0 spiro atoms. The third kappa shape index (κ3) is 3.67. The first-order valence-electron chi connectivity index (χ1n) is 9.14. The van der Waals surface area contributed by atoms with Crippen molar-refractivity contribution in [1.29, 1.82) is 0 Å². The number of para-hydroxylation sites is 1. The molecule has 1 fully saturated rings. The maximum atomic E-state index is 4.19. The van der Waals surface area contributed by atoms with Gasteiger partial charge in [-0.15, -0.1) is 0 Å². The van der Waals surface area contributed by atoms with Gasteiger partial charge in [0, 0.05) is 49.6 Å². The molecule has 0 saturated carbocycles. The van der Waals surface area contributed by atoms with Crippen LogP contribution in [0.1, 0.15) is 24.0 Å². The summed E-state index contributed by atoms with van der Waals surface area (Å²) in [6.07, 6.45) is 6.42. The average Bonchev–Trinajstić information content (AvgIpc) is 3.16. The fourth-order valence-corrected chi connectivity index (χ4v) is 3.80. The summed E-state index contributed by atoms with van der Waals surface area (Å²) in [4.78, 5) is 9.13. The fourth-order valence-electron chi connectivity index (χ4n) is 3.80. The van der Waals surface area contributed by atoms with Gasteiger partial charge in [-0.1, -0.05) is 30.3 Å². The second-order valence-corrected chi connectivity index (χ2v) is 7.05. The predicted molar refractivity (Wildman–Crippen MR) is 105 cm³/mol. The maximum absolute atomic E-state index is 4.19. The standard InChI is InChI=1S/C22H25N3/c1-24(16-18-8-9-20-15-23-11-10-19(20)14-18)17-21-6-2-3-7-22(21)25-12-4-5-13-25/h2-3,6-11,14-15H,4-5,12-13,16-17H2,1H3. The van der Waals surface area contributed by atoms with Crippen LogP contribution < -0.4 is 4.90 Å². The summed E-state index contributed by atoms with van der Waals surface area (Å²) in [5.74, 6) is 0. The Balaban J connectivity index is 1.49. The van der Waals surface area contributed by atoms with Crippen LogP contribution in [0.4, 0.5) is 5.69 Å². The average molecular weight is 331 g/mol. The lowest BCUT2D eigenvalue weighted by Crippen LogP contribution is -2.22. The molecule has 1 aliphatic rings. The zero-order chi connectivity index (χ0) is 17.1. The Kier molecular flexibility index (Phi) is 4.66. The Morgan fingerprint density at radius 1 is 0.960 bits per heavy atom. The van der Waals surface area contributed by atoms with Gasteiger partial charge in [-0.3, -0.25) is 9.88 Å². The van der Waals surface area contributed by atoms with Crippen molar-refractivity contribution < 1.29 is 0 Å². The molecule has 1 aliphatic heterocycles. The minimum atomic E-state index is 0.951. The molecule has 1 saturated heterocycles. The summed E-state index contributed by atoms with van der Waals surface area (Å²) in [6.45, 7) is 4.31. The Labute approximate surface area is 149 Å². The molecule has 0 bridgehead atoms. The third-order valence-corrected chi connectivity index (χ3v) is 5.04. The normalized spacial score (nSPS) is 14.6. The molecule has 25 heavy (non-hydrogen) atoms. The van der Waals surface area contributed by atoms with E-state index in [1.807, 2.05) is 12.4 Å². The van der Waals surface area contributed by atoms with Crippen molar-refractivity contribution in [2.45, 2.75) is 25.9 Å². The van der Waals surface area contributed by atoms with Crippen molar-refractivity contribution in [2.75, 3.05) is 25.0 Å². The zero-order valence-corrected chi connectivity index (χ0v) is 14.9. The molecule has 1 aromatic heterocycles. The Hall–Kier alpha value is -2.39. The molecular formula is C22H25N3. The second kappa shape index (κ2) is 7.24. The van der Waals surface area contributed by atoms with Crippen LogP contribution in [-0.2, 0) is 13.1 Å². The molecule has 3 heteroatoms. The van der Waals surface area contributed by atoms with Gasteiger partial charge < -0.3 is 4.90 Å². The number of nitrogens with zero attached hydrogens (tertiary/aromatic N) is 3. The molecule has 0 atom stereocenters. The summed E-state index contributed by atoms with van der Waals surface area (Å²) in [5, 5.41) is 2.46. The van der Waals surface area contributed by atoms with Gasteiger partial charge in [-0.2, -0.15) is 0 Å². The predicted octanol–water partition coefficient (Wildman–Crippen LogP) is 4.47. The van der Waals surface area contributed by atoms with Crippen LogP contribution in [0.5, 0.6) is 0 Å². The van der Waals surface area contributed by atoms with Crippen LogP contribution in [0.15, 0.2) is 60.9 Å². The first-order chi connectivity index (χ1) is 12.3. The van der Waals surface area contributed by atoms with Gasteiger partial charge in [0.25, 0.3) is 0 Å². The highest BCUT2D eigenvalue weighted by Gasteiger charge is 2.16. The van der Waals surface area contributed by atoms with Gasteiger partial charge >= 0.3 is 0 Å². The van der Waals surface area contributed by atoms with Crippen LogP contribution in [0, 0.1) is 0 Å². The highest BCUT2D eigenvalue weighted by atomic mass is 15.2. The molecule has 128 valence electrons. The maximum Gasteiger partial charge on any atom is 0.0411 e. The first kappa shape index (κ1) is 16.1. The van der Waals surface area contributed by atoms with E-state index in [4.69, 9.17) is 0 Å². The summed E-state index contributed by atoms with van der Waals surface area (Å²) < 4.78 is 0. The molecule has 0 N–H and O–H groups in total. The molecule has 2 aromatic carbocycles. The van der Waals surface area contributed by atoms with Crippen molar-refractivity contribution >= 4 is 16.5 Å². The van der Waals surface area contributed by atoms with E-state index in [1.54, 1.807) is 0 Å². The summed E-state index contributed by atoms with van der Waals surface area (Å²) in [5.41, 5.74) is 4.19. The first-order valence-corrected chi connectivity index (χ1v) is 9.14. The van der Waals surface area contributed by atoms with Crippen LogP contribution in [-0.4, -0.2) is 30.0 Å². The molecule has 3 nitrogen and oxygen atoms in total. The van der Waals surface area contributed by atoms with E-state index in [-0.39, 0.29) is 0 Å². The van der Waals surface area contributed by atoms with Gasteiger partial charge in [0.15, 0.2) is 0 Å². The number of benzene rings is 2. The van der Waals surface area contributed by atoms with E-state index < -0.39 is 0 Å². The lowest BCUT2D eigenvalue weighted by molar-refractivity contribution is 0.319. The number of pyridine rings is 1. The SMILES string of the molecule is CN(Cc1ccc2cnccc2c1)Cc1ccccc1N1CCCC1. The summed E-state index contributed by atoms with van der Waals surface area (Å²) in [6, 6.07) is 17.6. The Bertz CT molecular complexity index is 853. The van der Waals surface area contributed by atoms with Gasteiger partial charge in [-0.25, -0.2) is 0 Å². The number of rotatable bonds is 5. The number of hydrogen-bond acceptors (Lipinski definition) is 3. The summed E-state index contributed by atoms with van der Waals surface area (Å²) >= 11 is 0. The lowest BCUT2D eigenvalue weighted by Gasteiger charge is -2.24. The fraction of sp³-hybridized carbons (Fsp3) is 0.318. The molecule has 3 aromatic rings. The molecule has 0 unspecified atom stereocenters.